The minimum atomic E-state index is -0.340. The Bertz CT molecular complexity index is 1500. The third kappa shape index (κ3) is 5.36. The minimum absolute atomic E-state index is 0.340. The van der Waals surface area contributed by atoms with E-state index in [0.29, 0.717) is 0 Å². The maximum atomic E-state index is 13.7. The fraction of sp³-hybridized carbons (Fsp3) is 0. The second-order valence-corrected chi connectivity index (χ2v) is 11.0. The molecule has 2 nitrogen and oxygen atoms in total. The standard InChI is InChI=1S/C32H20F4N2S2/c33-21-1-9-25(10-2-21)37(26-11-3-22(34)4-12-26)31-19-17-29(39-31)30-18-20-32(40-30)38(27-13-5-23(35)6-14-27)28-15-7-24(36)8-16-28/h1-20H. The molecule has 8 heteroatoms. The average Bonchev–Trinajstić information content (AvgIpc) is 3.64. The van der Waals surface area contributed by atoms with Crippen LogP contribution in [0.15, 0.2) is 121 Å². The zero-order valence-corrected chi connectivity index (χ0v) is 22.4. The van der Waals surface area contributed by atoms with E-state index in [0.717, 1.165) is 42.5 Å². The smallest absolute Gasteiger partial charge is 0.123 e. The summed E-state index contributed by atoms with van der Waals surface area (Å²) < 4.78 is 54.7. The van der Waals surface area contributed by atoms with Crippen LogP contribution in [0, 0.1) is 23.3 Å². The summed E-state index contributed by atoms with van der Waals surface area (Å²) in [6, 6.07) is 32.6. The van der Waals surface area contributed by atoms with Gasteiger partial charge in [0.05, 0.1) is 0 Å². The van der Waals surface area contributed by atoms with Crippen LogP contribution in [-0.2, 0) is 0 Å². The highest BCUT2D eigenvalue weighted by molar-refractivity contribution is 7.26. The van der Waals surface area contributed by atoms with E-state index in [1.807, 2.05) is 34.1 Å². The van der Waals surface area contributed by atoms with Crippen LogP contribution in [0.1, 0.15) is 0 Å². The lowest BCUT2D eigenvalue weighted by atomic mass is 10.2. The average molecular weight is 573 g/mol. The normalized spacial score (nSPS) is 11.0. The molecule has 198 valence electrons. The fourth-order valence-electron chi connectivity index (χ4n) is 4.33. The van der Waals surface area contributed by atoms with E-state index >= 15 is 0 Å². The Morgan fingerprint density at radius 3 is 0.825 bits per heavy atom. The lowest BCUT2D eigenvalue weighted by Gasteiger charge is -2.23. The third-order valence-electron chi connectivity index (χ3n) is 6.21. The van der Waals surface area contributed by atoms with Crippen molar-refractivity contribution in [2.75, 3.05) is 9.80 Å². The molecule has 0 radical (unpaired) electrons. The van der Waals surface area contributed by atoms with Gasteiger partial charge in [0, 0.05) is 32.5 Å². The molecular formula is C32H20F4N2S2. The molecule has 0 saturated heterocycles. The Kier molecular flexibility index (Phi) is 7.11. The number of rotatable bonds is 7. The second kappa shape index (κ2) is 11.0. The molecule has 4 aromatic carbocycles. The van der Waals surface area contributed by atoms with E-state index in [4.69, 9.17) is 0 Å². The highest BCUT2D eigenvalue weighted by atomic mass is 32.1. The molecule has 0 aliphatic rings. The molecule has 0 saturated carbocycles. The largest absolute Gasteiger partial charge is 0.302 e. The molecule has 0 fully saturated rings. The lowest BCUT2D eigenvalue weighted by molar-refractivity contribution is 0.627. The van der Waals surface area contributed by atoms with Crippen LogP contribution in [0.4, 0.5) is 50.3 Å². The van der Waals surface area contributed by atoms with Crippen LogP contribution >= 0.6 is 22.7 Å². The number of anilines is 6. The summed E-state index contributed by atoms with van der Waals surface area (Å²) in [5.74, 6) is -1.36. The van der Waals surface area contributed by atoms with Crippen molar-refractivity contribution in [3.8, 4) is 9.75 Å². The molecule has 0 bridgehead atoms. The van der Waals surface area contributed by atoms with Crippen molar-refractivity contribution in [2.24, 2.45) is 0 Å². The monoisotopic (exact) mass is 572 g/mol. The van der Waals surface area contributed by atoms with E-state index in [1.54, 1.807) is 71.2 Å². The van der Waals surface area contributed by atoms with Gasteiger partial charge in [0.2, 0.25) is 0 Å². The van der Waals surface area contributed by atoms with Gasteiger partial charge in [-0.05, 0) is 121 Å². The Labute approximate surface area is 236 Å². The number of benzene rings is 4. The van der Waals surface area contributed by atoms with E-state index in [1.165, 1.54) is 48.5 Å². The molecule has 40 heavy (non-hydrogen) atoms. The van der Waals surface area contributed by atoms with Gasteiger partial charge in [-0.2, -0.15) is 0 Å². The maximum absolute atomic E-state index is 13.7. The second-order valence-electron chi connectivity index (χ2n) is 8.85. The van der Waals surface area contributed by atoms with Crippen molar-refractivity contribution in [1.82, 2.24) is 0 Å². The zero-order valence-electron chi connectivity index (χ0n) is 20.8. The van der Waals surface area contributed by atoms with Crippen molar-refractivity contribution in [3.05, 3.63) is 145 Å². The predicted molar refractivity (Wildman–Crippen MR) is 157 cm³/mol. The Balaban J connectivity index is 1.37. The number of hydrogen-bond acceptors (Lipinski definition) is 4. The summed E-state index contributed by atoms with van der Waals surface area (Å²) >= 11 is 3.09. The summed E-state index contributed by atoms with van der Waals surface area (Å²) in [7, 11) is 0. The number of thiophene rings is 2. The van der Waals surface area contributed by atoms with E-state index in [-0.39, 0.29) is 23.3 Å². The number of nitrogens with zero attached hydrogens (tertiary/aromatic N) is 2. The number of halogens is 4. The lowest BCUT2D eigenvalue weighted by Crippen LogP contribution is -2.08. The molecule has 0 N–H and O–H groups in total. The SMILES string of the molecule is Fc1ccc(N(c2ccc(F)cc2)c2ccc(-c3ccc(N(c4ccc(F)cc4)c4ccc(F)cc4)s3)s2)cc1. The van der Waals surface area contributed by atoms with Gasteiger partial charge in [0.1, 0.15) is 33.3 Å². The number of hydrogen-bond donors (Lipinski definition) is 0. The third-order valence-corrected chi connectivity index (χ3v) is 8.54. The zero-order chi connectivity index (χ0) is 27.6. The van der Waals surface area contributed by atoms with Crippen LogP contribution in [0.25, 0.3) is 9.75 Å². The first-order valence-electron chi connectivity index (χ1n) is 12.3. The highest BCUT2D eigenvalue weighted by Crippen LogP contribution is 2.46. The van der Waals surface area contributed by atoms with Gasteiger partial charge < -0.3 is 9.80 Å². The van der Waals surface area contributed by atoms with Crippen molar-refractivity contribution >= 4 is 55.4 Å². The topological polar surface area (TPSA) is 6.48 Å². The molecule has 2 aromatic heterocycles. The van der Waals surface area contributed by atoms with Gasteiger partial charge in [0.25, 0.3) is 0 Å². The fourth-order valence-corrected chi connectivity index (χ4v) is 6.51. The molecule has 0 unspecified atom stereocenters. The summed E-state index contributed by atoms with van der Waals surface area (Å²) in [6.07, 6.45) is 0. The molecule has 0 amide bonds. The first-order valence-corrected chi connectivity index (χ1v) is 13.9. The minimum Gasteiger partial charge on any atom is -0.302 e. The first kappa shape index (κ1) is 25.9. The Hall–Kier alpha value is -4.40. The van der Waals surface area contributed by atoms with Gasteiger partial charge in [-0.3, -0.25) is 0 Å². The summed E-state index contributed by atoms with van der Waals surface area (Å²) in [4.78, 5) is 5.90. The Morgan fingerprint density at radius 2 is 0.575 bits per heavy atom. The highest BCUT2D eigenvalue weighted by Gasteiger charge is 2.19. The first-order chi connectivity index (χ1) is 19.4. The molecule has 6 aromatic rings. The molecule has 6 rings (SSSR count). The molecule has 0 aliphatic carbocycles. The van der Waals surface area contributed by atoms with Crippen molar-refractivity contribution in [3.63, 3.8) is 0 Å². The molecule has 2 heterocycles. The quantitative estimate of drug-likeness (QED) is 0.176. The van der Waals surface area contributed by atoms with Gasteiger partial charge >= 0.3 is 0 Å². The summed E-state index contributed by atoms with van der Waals surface area (Å²) in [5, 5.41) is 1.74. The van der Waals surface area contributed by atoms with Gasteiger partial charge in [-0.1, -0.05) is 0 Å². The van der Waals surface area contributed by atoms with E-state index < -0.39 is 0 Å². The van der Waals surface area contributed by atoms with Crippen LogP contribution in [0.2, 0.25) is 0 Å². The van der Waals surface area contributed by atoms with Crippen LogP contribution in [-0.4, -0.2) is 0 Å². The van der Waals surface area contributed by atoms with Crippen LogP contribution in [0.3, 0.4) is 0 Å². The van der Waals surface area contributed by atoms with E-state index in [2.05, 4.69) is 0 Å². The van der Waals surface area contributed by atoms with Gasteiger partial charge in [0.15, 0.2) is 0 Å². The molecule has 0 atom stereocenters. The van der Waals surface area contributed by atoms with Crippen LogP contribution < -0.4 is 9.80 Å². The maximum Gasteiger partial charge on any atom is 0.123 e. The molecule has 0 spiro atoms. The van der Waals surface area contributed by atoms with Crippen molar-refractivity contribution in [2.45, 2.75) is 0 Å². The molecular weight excluding hydrogens is 552 g/mol. The summed E-state index contributed by atoms with van der Waals surface area (Å²) in [5.41, 5.74) is 2.97. The van der Waals surface area contributed by atoms with Crippen molar-refractivity contribution in [1.29, 1.82) is 0 Å². The predicted octanol–water partition coefficient (Wildman–Crippen LogP) is 11.0. The summed E-state index contributed by atoms with van der Waals surface area (Å²) in [6.45, 7) is 0. The molecule has 0 aliphatic heterocycles. The van der Waals surface area contributed by atoms with Gasteiger partial charge in [-0.15, -0.1) is 22.7 Å². The Morgan fingerprint density at radius 1 is 0.325 bits per heavy atom. The van der Waals surface area contributed by atoms with Gasteiger partial charge in [-0.25, -0.2) is 17.6 Å². The van der Waals surface area contributed by atoms with Crippen LogP contribution in [0.5, 0.6) is 0 Å². The van der Waals surface area contributed by atoms with Crippen molar-refractivity contribution < 1.29 is 17.6 Å². The van der Waals surface area contributed by atoms with E-state index in [9.17, 15) is 17.6 Å².